The molecule has 1 heterocycles. The van der Waals surface area contributed by atoms with Gasteiger partial charge < -0.3 is 4.90 Å². The molecule has 0 aliphatic rings. The zero-order valence-electron chi connectivity index (χ0n) is 9.40. The zero-order valence-corrected chi connectivity index (χ0v) is 11.8. The first kappa shape index (κ1) is 13.2. The minimum Gasteiger partial charge on any atom is -0.306 e. The molecule has 0 aromatic carbocycles. The van der Waals surface area contributed by atoms with E-state index in [1.54, 1.807) is 11.9 Å². The first-order chi connectivity index (χ1) is 7.47. The van der Waals surface area contributed by atoms with Gasteiger partial charge in [-0.25, -0.2) is 0 Å². The van der Waals surface area contributed by atoms with Gasteiger partial charge in [0.1, 0.15) is 5.92 Å². The standard InChI is InChI=1S/C11H13BrN2OS/c1-7(2)9(5-13)11(15)14(3)10-4-8(12)6-16-10/h4,6-7,9H,1-3H3. The Hall–Kier alpha value is -0.860. The van der Waals surface area contributed by atoms with Crippen molar-refractivity contribution in [2.75, 3.05) is 11.9 Å². The number of hydrogen-bond donors (Lipinski definition) is 0. The average molecular weight is 301 g/mol. The van der Waals surface area contributed by atoms with E-state index in [2.05, 4.69) is 22.0 Å². The Morgan fingerprint density at radius 2 is 2.25 bits per heavy atom. The molecule has 3 nitrogen and oxygen atoms in total. The lowest BCUT2D eigenvalue weighted by Gasteiger charge is -2.20. The molecule has 1 aromatic rings. The second-order valence-electron chi connectivity index (χ2n) is 3.85. The van der Waals surface area contributed by atoms with E-state index in [0.29, 0.717) is 0 Å². The third kappa shape index (κ3) is 2.83. The van der Waals surface area contributed by atoms with Gasteiger partial charge in [-0.3, -0.25) is 4.79 Å². The maximum atomic E-state index is 12.0. The molecule has 0 bridgehead atoms. The van der Waals surface area contributed by atoms with Gasteiger partial charge in [0.15, 0.2) is 0 Å². The number of rotatable bonds is 3. The van der Waals surface area contributed by atoms with Crippen LogP contribution in [-0.2, 0) is 4.79 Å². The summed E-state index contributed by atoms with van der Waals surface area (Å²) in [4.78, 5) is 13.6. The fourth-order valence-corrected chi connectivity index (χ4v) is 2.68. The summed E-state index contributed by atoms with van der Waals surface area (Å²) in [6.45, 7) is 3.76. The number of nitrogens with zero attached hydrogens (tertiary/aromatic N) is 2. The molecule has 0 aliphatic heterocycles. The Bertz CT molecular complexity index is 422. The van der Waals surface area contributed by atoms with Crippen molar-refractivity contribution in [2.45, 2.75) is 13.8 Å². The smallest absolute Gasteiger partial charge is 0.244 e. The second kappa shape index (κ2) is 5.46. The first-order valence-corrected chi connectivity index (χ1v) is 6.56. The van der Waals surface area contributed by atoms with Crippen LogP contribution >= 0.6 is 27.3 Å². The van der Waals surface area contributed by atoms with Crippen LogP contribution in [0.25, 0.3) is 0 Å². The van der Waals surface area contributed by atoms with Crippen LogP contribution in [-0.4, -0.2) is 13.0 Å². The van der Waals surface area contributed by atoms with Gasteiger partial charge in [-0.15, -0.1) is 11.3 Å². The van der Waals surface area contributed by atoms with E-state index < -0.39 is 5.92 Å². The second-order valence-corrected chi connectivity index (χ2v) is 5.66. The molecule has 0 radical (unpaired) electrons. The molecule has 0 aliphatic carbocycles. The Kier molecular flexibility index (Phi) is 4.51. The van der Waals surface area contributed by atoms with E-state index in [-0.39, 0.29) is 11.8 Å². The summed E-state index contributed by atoms with van der Waals surface area (Å²) >= 11 is 4.81. The van der Waals surface area contributed by atoms with E-state index in [1.165, 1.54) is 11.3 Å². The summed E-state index contributed by atoms with van der Waals surface area (Å²) < 4.78 is 0.949. The van der Waals surface area contributed by atoms with Crippen molar-refractivity contribution in [1.82, 2.24) is 0 Å². The van der Waals surface area contributed by atoms with Crippen LogP contribution < -0.4 is 4.90 Å². The van der Waals surface area contributed by atoms with Crippen molar-refractivity contribution in [3.63, 3.8) is 0 Å². The Balaban J connectivity index is 2.86. The number of amides is 1. The summed E-state index contributed by atoms with van der Waals surface area (Å²) in [5.74, 6) is -0.693. The van der Waals surface area contributed by atoms with E-state index >= 15 is 0 Å². The lowest BCUT2D eigenvalue weighted by molar-refractivity contribution is -0.121. The van der Waals surface area contributed by atoms with Crippen LogP contribution in [0.2, 0.25) is 0 Å². The zero-order chi connectivity index (χ0) is 12.3. The van der Waals surface area contributed by atoms with Gasteiger partial charge in [-0.2, -0.15) is 5.26 Å². The molecule has 0 spiro atoms. The predicted octanol–water partition coefficient (Wildman–Crippen LogP) is 3.27. The van der Waals surface area contributed by atoms with Crippen LogP contribution in [0.3, 0.4) is 0 Å². The molecule has 0 saturated heterocycles. The molecule has 0 fully saturated rings. The number of thiophene rings is 1. The predicted molar refractivity (Wildman–Crippen MR) is 69.4 cm³/mol. The van der Waals surface area contributed by atoms with Gasteiger partial charge in [-0.1, -0.05) is 13.8 Å². The lowest BCUT2D eigenvalue weighted by Crippen LogP contribution is -2.34. The molecule has 0 saturated carbocycles. The van der Waals surface area contributed by atoms with Gasteiger partial charge in [0.05, 0.1) is 11.1 Å². The summed E-state index contributed by atoms with van der Waals surface area (Å²) in [6, 6.07) is 3.93. The largest absolute Gasteiger partial charge is 0.306 e. The SMILES string of the molecule is CC(C)C(C#N)C(=O)N(C)c1cc(Br)cs1. The summed E-state index contributed by atoms with van der Waals surface area (Å²) in [5, 5.41) is 11.7. The van der Waals surface area contributed by atoms with Crippen molar-refractivity contribution in [1.29, 1.82) is 5.26 Å². The van der Waals surface area contributed by atoms with Crippen LogP contribution in [0, 0.1) is 23.2 Å². The highest BCUT2D eigenvalue weighted by atomic mass is 79.9. The third-order valence-corrected chi connectivity index (χ3v) is 4.05. The van der Waals surface area contributed by atoms with E-state index in [4.69, 9.17) is 5.26 Å². The maximum Gasteiger partial charge on any atom is 0.244 e. The van der Waals surface area contributed by atoms with Gasteiger partial charge in [0.25, 0.3) is 0 Å². The van der Waals surface area contributed by atoms with Gasteiger partial charge in [-0.05, 0) is 27.9 Å². The van der Waals surface area contributed by atoms with Crippen molar-refractivity contribution >= 4 is 38.2 Å². The number of carbonyl (C=O) groups is 1. The van der Waals surface area contributed by atoms with Crippen molar-refractivity contribution in [3.8, 4) is 6.07 Å². The summed E-state index contributed by atoms with van der Waals surface area (Å²) in [6.07, 6.45) is 0. The van der Waals surface area contributed by atoms with Gasteiger partial charge >= 0.3 is 0 Å². The molecular weight excluding hydrogens is 288 g/mol. The lowest BCUT2D eigenvalue weighted by atomic mass is 9.96. The minimum absolute atomic E-state index is 0.0309. The fraction of sp³-hybridized carbons (Fsp3) is 0.455. The molecule has 1 atom stereocenters. The Labute approximate surface area is 108 Å². The normalized spacial score (nSPS) is 12.2. The Morgan fingerprint density at radius 1 is 1.62 bits per heavy atom. The van der Waals surface area contributed by atoms with Crippen molar-refractivity contribution in [3.05, 3.63) is 15.9 Å². The summed E-state index contributed by atoms with van der Waals surface area (Å²) in [5.41, 5.74) is 0. The van der Waals surface area contributed by atoms with E-state index in [0.717, 1.165) is 9.47 Å². The van der Waals surface area contributed by atoms with Crippen LogP contribution in [0.1, 0.15) is 13.8 Å². The summed E-state index contributed by atoms with van der Waals surface area (Å²) in [7, 11) is 1.70. The molecule has 1 unspecified atom stereocenters. The van der Waals surface area contributed by atoms with Crippen LogP contribution in [0.15, 0.2) is 15.9 Å². The van der Waals surface area contributed by atoms with Gasteiger partial charge in [0.2, 0.25) is 5.91 Å². The molecule has 86 valence electrons. The highest BCUT2D eigenvalue weighted by molar-refractivity contribution is 9.10. The van der Waals surface area contributed by atoms with Crippen molar-refractivity contribution in [2.24, 2.45) is 11.8 Å². The minimum atomic E-state index is -0.578. The monoisotopic (exact) mass is 300 g/mol. The Morgan fingerprint density at radius 3 is 2.62 bits per heavy atom. The fourth-order valence-electron chi connectivity index (χ4n) is 1.29. The third-order valence-electron chi connectivity index (χ3n) is 2.29. The number of nitriles is 1. The molecule has 1 amide bonds. The van der Waals surface area contributed by atoms with Gasteiger partial charge in [0, 0.05) is 16.9 Å². The quantitative estimate of drug-likeness (QED) is 0.860. The number of anilines is 1. The molecular formula is C11H13BrN2OS. The molecule has 0 N–H and O–H groups in total. The van der Waals surface area contributed by atoms with Crippen molar-refractivity contribution < 1.29 is 4.79 Å². The molecule has 16 heavy (non-hydrogen) atoms. The molecule has 1 rings (SSSR count). The van der Waals surface area contributed by atoms with E-state index in [1.807, 2.05) is 25.3 Å². The van der Waals surface area contributed by atoms with E-state index in [9.17, 15) is 4.79 Å². The number of hydrogen-bond acceptors (Lipinski definition) is 3. The number of carbonyl (C=O) groups excluding carboxylic acids is 1. The number of halogens is 1. The highest BCUT2D eigenvalue weighted by Gasteiger charge is 2.26. The molecule has 5 heteroatoms. The average Bonchev–Trinajstić information content (AvgIpc) is 2.64. The molecule has 1 aromatic heterocycles. The van der Waals surface area contributed by atoms with Crippen LogP contribution in [0.4, 0.5) is 5.00 Å². The topological polar surface area (TPSA) is 44.1 Å². The first-order valence-electron chi connectivity index (χ1n) is 4.88. The van der Waals surface area contributed by atoms with Crippen LogP contribution in [0.5, 0.6) is 0 Å². The maximum absolute atomic E-state index is 12.0. The highest BCUT2D eigenvalue weighted by Crippen LogP contribution is 2.28.